The fraction of sp³-hybridized carbons (Fsp3) is 0.833. The third-order valence-electron chi connectivity index (χ3n) is 9.45. The number of rotatable bonds is 5. The van der Waals surface area contributed by atoms with Crippen molar-refractivity contribution in [2.24, 2.45) is 28.6 Å². The van der Waals surface area contributed by atoms with E-state index in [2.05, 4.69) is 0 Å². The molecule has 2 bridgehead atoms. The van der Waals surface area contributed by atoms with E-state index in [1.165, 1.54) is 34.6 Å². The third-order valence-corrected chi connectivity index (χ3v) is 9.45. The van der Waals surface area contributed by atoms with Crippen LogP contribution in [0.5, 0.6) is 0 Å². The van der Waals surface area contributed by atoms with Crippen LogP contribution in [0.15, 0.2) is 0 Å². The third kappa shape index (κ3) is 6.62. The van der Waals surface area contributed by atoms with Crippen molar-refractivity contribution >= 4 is 29.8 Å². The Morgan fingerprint density at radius 2 is 1.23 bits per heavy atom. The second-order valence-electron chi connectivity index (χ2n) is 13.1. The second-order valence-corrected chi connectivity index (χ2v) is 13.1. The van der Waals surface area contributed by atoms with Crippen LogP contribution in [0, 0.1) is 28.6 Å². The van der Waals surface area contributed by atoms with Crippen LogP contribution in [0.4, 0.5) is 0 Å². The SMILES string of the molecule is CC(=O)O[C@H]1CC(C)(C)[C@@H](OC(C)=O)C[C@@H](OC(C)=O)[C@@H](C)[C@@H]2CC[C@@H]3[C@@H](OC(C)=O)[C@@]2(C1)C[C@@]3(C)OC(C)=O. The number of carbonyl (C=O) groups excluding carboxylic acids is 5. The van der Waals surface area contributed by atoms with Gasteiger partial charge in [0.05, 0.1) is 0 Å². The Morgan fingerprint density at radius 3 is 1.75 bits per heavy atom. The van der Waals surface area contributed by atoms with Gasteiger partial charge in [0.15, 0.2) is 0 Å². The summed E-state index contributed by atoms with van der Waals surface area (Å²) in [7, 11) is 0. The van der Waals surface area contributed by atoms with Gasteiger partial charge in [0.1, 0.15) is 30.0 Å². The molecule has 3 fully saturated rings. The molecule has 0 radical (unpaired) electrons. The zero-order chi connectivity index (χ0) is 30.2. The predicted octanol–water partition coefficient (Wildman–Crippen LogP) is 4.30. The maximum atomic E-state index is 12.5. The normalized spacial score (nSPS) is 38.7. The molecule has 3 aliphatic carbocycles. The number of ether oxygens (including phenoxy) is 5. The van der Waals surface area contributed by atoms with Gasteiger partial charge in [0, 0.05) is 57.8 Å². The average molecular weight is 567 g/mol. The molecule has 0 unspecified atom stereocenters. The fourth-order valence-electron chi connectivity index (χ4n) is 8.31. The Morgan fingerprint density at radius 1 is 0.675 bits per heavy atom. The molecule has 0 heterocycles. The van der Waals surface area contributed by atoms with E-state index in [0.29, 0.717) is 32.1 Å². The molecule has 0 aromatic rings. The number of hydrogen-bond donors (Lipinski definition) is 0. The van der Waals surface area contributed by atoms with Crippen LogP contribution in [0.2, 0.25) is 0 Å². The minimum atomic E-state index is -0.905. The Kier molecular flexibility index (Phi) is 9.31. The summed E-state index contributed by atoms with van der Waals surface area (Å²) in [5.74, 6) is -2.84. The van der Waals surface area contributed by atoms with Gasteiger partial charge < -0.3 is 23.7 Å². The maximum absolute atomic E-state index is 12.5. The lowest BCUT2D eigenvalue weighted by Crippen LogP contribution is -2.54. The molecule has 0 saturated heterocycles. The quantitative estimate of drug-likeness (QED) is 0.350. The van der Waals surface area contributed by atoms with Gasteiger partial charge >= 0.3 is 29.8 Å². The van der Waals surface area contributed by atoms with Crippen LogP contribution >= 0.6 is 0 Å². The molecule has 226 valence electrons. The Labute approximate surface area is 237 Å². The van der Waals surface area contributed by atoms with Crippen molar-refractivity contribution in [3.8, 4) is 0 Å². The van der Waals surface area contributed by atoms with Crippen molar-refractivity contribution in [3.05, 3.63) is 0 Å². The zero-order valence-electron chi connectivity index (χ0n) is 25.4. The first-order chi connectivity index (χ1) is 18.4. The Bertz CT molecular complexity index is 1020. The molecular formula is C30H46O10. The van der Waals surface area contributed by atoms with Crippen molar-refractivity contribution in [2.45, 2.75) is 131 Å². The van der Waals surface area contributed by atoms with Crippen molar-refractivity contribution in [3.63, 3.8) is 0 Å². The summed E-state index contributed by atoms with van der Waals surface area (Å²) in [6.07, 6.45) is 0.279. The summed E-state index contributed by atoms with van der Waals surface area (Å²) in [6.45, 7) is 14.6. The van der Waals surface area contributed by atoms with Crippen molar-refractivity contribution in [1.82, 2.24) is 0 Å². The molecule has 40 heavy (non-hydrogen) atoms. The summed E-state index contributed by atoms with van der Waals surface area (Å²) < 4.78 is 29.7. The highest BCUT2D eigenvalue weighted by atomic mass is 16.6. The van der Waals surface area contributed by atoms with E-state index in [9.17, 15) is 24.0 Å². The Balaban J connectivity index is 2.23. The highest BCUT2D eigenvalue weighted by molar-refractivity contribution is 5.68. The van der Waals surface area contributed by atoms with Gasteiger partial charge in [0.25, 0.3) is 0 Å². The van der Waals surface area contributed by atoms with Crippen LogP contribution < -0.4 is 0 Å². The maximum Gasteiger partial charge on any atom is 0.303 e. The topological polar surface area (TPSA) is 132 Å². The molecular weight excluding hydrogens is 520 g/mol. The zero-order valence-corrected chi connectivity index (χ0v) is 25.4. The van der Waals surface area contributed by atoms with Gasteiger partial charge in [0.2, 0.25) is 0 Å². The van der Waals surface area contributed by atoms with Gasteiger partial charge in [-0.1, -0.05) is 20.8 Å². The van der Waals surface area contributed by atoms with Gasteiger partial charge in [-0.3, -0.25) is 24.0 Å². The smallest absolute Gasteiger partial charge is 0.303 e. The van der Waals surface area contributed by atoms with E-state index < -0.39 is 70.7 Å². The van der Waals surface area contributed by atoms with E-state index >= 15 is 0 Å². The van der Waals surface area contributed by atoms with E-state index in [0.717, 1.165) is 0 Å². The number of fused-ring (bicyclic) bond motifs is 1. The second kappa shape index (κ2) is 11.7. The van der Waals surface area contributed by atoms with Crippen molar-refractivity contribution in [2.75, 3.05) is 0 Å². The molecule has 0 aliphatic heterocycles. The van der Waals surface area contributed by atoms with Crippen molar-refractivity contribution < 1.29 is 47.7 Å². The summed E-state index contributed by atoms with van der Waals surface area (Å²) in [4.78, 5) is 61.6. The van der Waals surface area contributed by atoms with Gasteiger partial charge in [-0.25, -0.2) is 0 Å². The number of hydrogen-bond acceptors (Lipinski definition) is 10. The Hall–Kier alpha value is -2.65. The molecule has 0 aromatic carbocycles. The molecule has 3 saturated carbocycles. The summed E-state index contributed by atoms with van der Waals surface area (Å²) in [6, 6.07) is 0. The van der Waals surface area contributed by atoms with E-state index in [1.807, 2.05) is 27.7 Å². The first-order valence-corrected chi connectivity index (χ1v) is 14.3. The first kappa shape index (κ1) is 31.9. The monoisotopic (exact) mass is 566 g/mol. The fourth-order valence-corrected chi connectivity index (χ4v) is 8.31. The average Bonchev–Trinajstić information content (AvgIpc) is 2.88. The van der Waals surface area contributed by atoms with Crippen LogP contribution in [0.3, 0.4) is 0 Å². The molecule has 0 N–H and O–H groups in total. The van der Waals surface area contributed by atoms with Crippen LogP contribution in [0.25, 0.3) is 0 Å². The van der Waals surface area contributed by atoms with Crippen LogP contribution in [0.1, 0.15) is 101 Å². The van der Waals surface area contributed by atoms with Crippen molar-refractivity contribution in [1.29, 1.82) is 0 Å². The minimum Gasteiger partial charge on any atom is -0.463 e. The van der Waals surface area contributed by atoms with Crippen LogP contribution in [-0.2, 0) is 47.7 Å². The molecule has 10 heteroatoms. The summed E-state index contributed by atoms with van der Waals surface area (Å²) in [5, 5.41) is 0. The first-order valence-electron chi connectivity index (χ1n) is 14.3. The number of carbonyl (C=O) groups is 5. The molecule has 3 aliphatic rings. The standard InChI is InChI=1S/C30H46O10/c1-16-23-10-11-24-27(39-20(5)34)30(23,15-29(24,9)40-21(6)35)14-22(36-17(2)31)13-28(7,8)26(38-19(4)33)12-25(16)37-18(3)32/h16,22-27H,10-15H2,1-9H3/t16-,22-,23-,24+,25+,26-,27+,29+,30-/m0/s1. The summed E-state index contributed by atoms with van der Waals surface area (Å²) in [5.41, 5.74) is -2.31. The molecule has 0 aromatic heterocycles. The van der Waals surface area contributed by atoms with E-state index in [4.69, 9.17) is 23.7 Å². The highest BCUT2D eigenvalue weighted by Crippen LogP contribution is 2.65. The number of esters is 5. The molecule has 3 rings (SSSR count). The lowest BCUT2D eigenvalue weighted by molar-refractivity contribution is -0.187. The van der Waals surface area contributed by atoms with Gasteiger partial charge in [-0.05, 0) is 50.9 Å². The predicted molar refractivity (Wildman–Crippen MR) is 142 cm³/mol. The molecule has 1 spiro atoms. The van der Waals surface area contributed by atoms with Crippen LogP contribution in [-0.4, -0.2) is 59.9 Å². The largest absolute Gasteiger partial charge is 0.463 e. The highest BCUT2D eigenvalue weighted by Gasteiger charge is 2.69. The molecule has 9 atom stereocenters. The van der Waals surface area contributed by atoms with Gasteiger partial charge in [-0.15, -0.1) is 0 Å². The molecule has 10 nitrogen and oxygen atoms in total. The lowest BCUT2D eigenvalue weighted by atomic mass is 9.56. The van der Waals surface area contributed by atoms with E-state index in [-0.39, 0.29) is 24.2 Å². The minimum absolute atomic E-state index is 0.146. The van der Waals surface area contributed by atoms with Gasteiger partial charge in [-0.2, -0.15) is 0 Å². The molecule has 0 amide bonds. The summed E-state index contributed by atoms with van der Waals surface area (Å²) >= 11 is 0. The van der Waals surface area contributed by atoms with E-state index in [1.54, 1.807) is 0 Å². The lowest BCUT2D eigenvalue weighted by Gasteiger charge is -2.52.